The lowest BCUT2D eigenvalue weighted by molar-refractivity contribution is -0.127. The predicted octanol–water partition coefficient (Wildman–Crippen LogP) is 1.55. The normalized spacial score (nSPS) is 11.9. The van der Waals surface area contributed by atoms with E-state index in [1.807, 2.05) is 7.05 Å². The molecule has 0 saturated heterocycles. The van der Waals surface area contributed by atoms with E-state index >= 15 is 0 Å². The minimum atomic E-state index is -0.623. The summed E-state index contributed by atoms with van der Waals surface area (Å²) in [6, 6.07) is 6.92. The van der Waals surface area contributed by atoms with Gasteiger partial charge in [-0.2, -0.15) is 0 Å². The summed E-state index contributed by atoms with van der Waals surface area (Å²) in [5.74, 6) is 1.00. The molecule has 2 aromatic rings. The number of carbonyl (C=O) groups is 1. The van der Waals surface area contributed by atoms with E-state index < -0.39 is 6.10 Å². The average molecular weight is 295 g/mol. The molecule has 20 heavy (non-hydrogen) atoms. The molecule has 0 aliphatic rings. The zero-order valence-corrected chi connectivity index (χ0v) is 12.0. The molecule has 7 heteroatoms. The van der Waals surface area contributed by atoms with Gasteiger partial charge < -0.3 is 14.6 Å². The average Bonchev–Trinajstić information content (AvgIpc) is 2.81. The van der Waals surface area contributed by atoms with Crippen LogP contribution >= 0.6 is 11.6 Å². The summed E-state index contributed by atoms with van der Waals surface area (Å²) in [6.07, 6.45) is 0.953. The van der Waals surface area contributed by atoms with Crippen LogP contribution in [0, 0.1) is 0 Å². The van der Waals surface area contributed by atoms with Crippen molar-refractivity contribution in [2.45, 2.75) is 19.6 Å². The van der Waals surface area contributed by atoms with E-state index in [9.17, 15) is 4.79 Å². The van der Waals surface area contributed by atoms with Crippen molar-refractivity contribution in [1.82, 2.24) is 20.1 Å². The summed E-state index contributed by atoms with van der Waals surface area (Å²) in [7, 11) is 1.81. The molecule has 0 unspecified atom stereocenters. The number of amides is 1. The van der Waals surface area contributed by atoms with Gasteiger partial charge in [0.1, 0.15) is 12.1 Å². The first kappa shape index (κ1) is 14.3. The minimum absolute atomic E-state index is 0.229. The fourth-order valence-corrected chi connectivity index (χ4v) is 1.76. The number of carbonyl (C=O) groups excluding carboxylic acids is 1. The van der Waals surface area contributed by atoms with Crippen molar-refractivity contribution in [3.05, 3.63) is 41.4 Å². The summed E-state index contributed by atoms with van der Waals surface area (Å²) < 4.78 is 7.26. The molecule has 106 valence electrons. The molecule has 1 amide bonds. The van der Waals surface area contributed by atoms with Crippen molar-refractivity contribution in [3.63, 3.8) is 0 Å². The van der Waals surface area contributed by atoms with Crippen LogP contribution in [0.5, 0.6) is 5.75 Å². The standard InChI is InChI=1S/C13H15ClN4O2/c1-9(20-11-5-3-4-10(14)6-11)13(19)15-7-12-17-16-8-18(12)2/h3-6,8-9H,7H2,1-2H3,(H,15,19)/t9-/m0/s1. The van der Waals surface area contributed by atoms with Gasteiger partial charge in [-0.05, 0) is 25.1 Å². The van der Waals surface area contributed by atoms with Crippen LogP contribution in [0.2, 0.25) is 5.02 Å². The van der Waals surface area contributed by atoms with Gasteiger partial charge in [0.15, 0.2) is 11.9 Å². The lowest BCUT2D eigenvalue weighted by Gasteiger charge is -2.14. The Hall–Kier alpha value is -2.08. The van der Waals surface area contributed by atoms with E-state index in [2.05, 4.69) is 15.5 Å². The van der Waals surface area contributed by atoms with Gasteiger partial charge in [0.25, 0.3) is 5.91 Å². The topological polar surface area (TPSA) is 69.0 Å². The number of nitrogens with one attached hydrogen (secondary N) is 1. The second kappa shape index (κ2) is 6.38. The zero-order chi connectivity index (χ0) is 14.5. The summed E-state index contributed by atoms with van der Waals surface area (Å²) in [5, 5.41) is 10.9. The summed E-state index contributed by atoms with van der Waals surface area (Å²) in [6.45, 7) is 1.98. The number of halogens is 1. The van der Waals surface area contributed by atoms with E-state index in [0.717, 1.165) is 0 Å². The van der Waals surface area contributed by atoms with Gasteiger partial charge in [-0.3, -0.25) is 4.79 Å². The molecule has 0 aliphatic heterocycles. The fraction of sp³-hybridized carbons (Fsp3) is 0.308. The molecule has 1 aromatic heterocycles. The van der Waals surface area contributed by atoms with Crippen LogP contribution in [-0.4, -0.2) is 26.8 Å². The van der Waals surface area contributed by atoms with Gasteiger partial charge in [-0.1, -0.05) is 17.7 Å². The lowest BCUT2D eigenvalue weighted by Crippen LogP contribution is -2.36. The van der Waals surface area contributed by atoms with Crippen molar-refractivity contribution < 1.29 is 9.53 Å². The van der Waals surface area contributed by atoms with E-state index in [-0.39, 0.29) is 5.91 Å². The molecule has 0 fully saturated rings. The minimum Gasteiger partial charge on any atom is -0.481 e. The smallest absolute Gasteiger partial charge is 0.261 e. The molecule has 6 nitrogen and oxygen atoms in total. The first-order valence-corrected chi connectivity index (χ1v) is 6.47. The third kappa shape index (κ3) is 3.71. The molecule has 2 rings (SSSR count). The molecular weight excluding hydrogens is 280 g/mol. The lowest BCUT2D eigenvalue weighted by atomic mass is 10.3. The third-order valence-electron chi connectivity index (χ3n) is 2.70. The van der Waals surface area contributed by atoms with Gasteiger partial charge in [-0.25, -0.2) is 0 Å². The molecule has 0 aliphatic carbocycles. The van der Waals surface area contributed by atoms with Crippen LogP contribution in [0.1, 0.15) is 12.7 Å². The van der Waals surface area contributed by atoms with Gasteiger partial charge in [0.2, 0.25) is 0 Å². The molecule has 0 bridgehead atoms. The Morgan fingerprint density at radius 2 is 2.35 bits per heavy atom. The first-order chi connectivity index (χ1) is 9.56. The van der Waals surface area contributed by atoms with Crippen LogP contribution in [0.4, 0.5) is 0 Å². The molecule has 1 aromatic carbocycles. The maximum atomic E-state index is 11.9. The van der Waals surface area contributed by atoms with E-state index in [4.69, 9.17) is 16.3 Å². The maximum Gasteiger partial charge on any atom is 0.261 e. The number of nitrogens with zero attached hydrogens (tertiary/aromatic N) is 3. The van der Waals surface area contributed by atoms with E-state index in [1.54, 1.807) is 42.1 Å². The molecule has 1 N–H and O–H groups in total. The number of ether oxygens (including phenoxy) is 1. The highest BCUT2D eigenvalue weighted by molar-refractivity contribution is 6.30. The van der Waals surface area contributed by atoms with Crippen molar-refractivity contribution in [1.29, 1.82) is 0 Å². The SMILES string of the molecule is C[C@H](Oc1cccc(Cl)c1)C(=O)NCc1nncn1C. The van der Waals surface area contributed by atoms with Crippen LogP contribution in [0.15, 0.2) is 30.6 Å². The van der Waals surface area contributed by atoms with Crippen LogP contribution in [0.3, 0.4) is 0 Å². The van der Waals surface area contributed by atoms with Gasteiger partial charge in [0.05, 0.1) is 6.54 Å². The monoisotopic (exact) mass is 294 g/mol. The molecular formula is C13H15ClN4O2. The Kier molecular flexibility index (Phi) is 4.57. The largest absolute Gasteiger partial charge is 0.481 e. The van der Waals surface area contributed by atoms with Gasteiger partial charge in [0, 0.05) is 12.1 Å². The molecule has 0 spiro atoms. The van der Waals surface area contributed by atoms with Crippen LogP contribution in [-0.2, 0) is 18.4 Å². The third-order valence-corrected chi connectivity index (χ3v) is 2.94. The number of benzene rings is 1. The molecule has 1 atom stereocenters. The Morgan fingerprint density at radius 1 is 1.55 bits per heavy atom. The van der Waals surface area contributed by atoms with Crippen LogP contribution < -0.4 is 10.1 Å². The van der Waals surface area contributed by atoms with E-state index in [0.29, 0.717) is 23.1 Å². The Labute approximate surface area is 121 Å². The second-order valence-electron chi connectivity index (χ2n) is 4.29. The molecule has 1 heterocycles. The van der Waals surface area contributed by atoms with Crippen molar-refractivity contribution in [3.8, 4) is 5.75 Å². The second-order valence-corrected chi connectivity index (χ2v) is 4.73. The number of rotatable bonds is 5. The Morgan fingerprint density at radius 3 is 3.00 bits per heavy atom. The summed E-state index contributed by atoms with van der Waals surface area (Å²) >= 11 is 5.86. The Bertz CT molecular complexity index is 600. The number of aromatic nitrogens is 3. The molecule has 0 radical (unpaired) electrons. The first-order valence-electron chi connectivity index (χ1n) is 6.09. The number of hydrogen-bond acceptors (Lipinski definition) is 4. The van der Waals surface area contributed by atoms with Crippen molar-refractivity contribution in [2.75, 3.05) is 0 Å². The zero-order valence-electron chi connectivity index (χ0n) is 11.2. The highest BCUT2D eigenvalue weighted by Crippen LogP contribution is 2.18. The highest BCUT2D eigenvalue weighted by Gasteiger charge is 2.15. The highest BCUT2D eigenvalue weighted by atomic mass is 35.5. The fourth-order valence-electron chi connectivity index (χ4n) is 1.58. The quantitative estimate of drug-likeness (QED) is 0.908. The summed E-state index contributed by atoms with van der Waals surface area (Å²) in [4.78, 5) is 11.9. The van der Waals surface area contributed by atoms with Gasteiger partial charge in [-0.15, -0.1) is 10.2 Å². The number of hydrogen-bond donors (Lipinski definition) is 1. The van der Waals surface area contributed by atoms with Crippen molar-refractivity contribution in [2.24, 2.45) is 7.05 Å². The van der Waals surface area contributed by atoms with Crippen molar-refractivity contribution >= 4 is 17.5 Å². The Balaban J connectivity index is 1.87. The van der Waals surface area contributed by atoms with Crippen LogP contribution in [0.25, 0.3) is 0 Å². The van der Waals surface area contributed by atoms with E-state index in [1.165, 1.54) is 0 Å². The maximum absolute atomic E-state index is 11.9. The summed E-state index contributed by atoms with van der Waals surface area (Å²) in [5.41, 5.74) is 0. The van der Waals surface area contributed by atoms with Gasteiger partial charge >= 0.3 is 0 Å². The molecule has 0 saturated carbocycles. The number of aryl methyl sites for hydroxylation is 1. The predicted molar refractivity (Wildman–Crippen MR) is 74.4 cm³/mol.